The number of halogens is 1. The highest BCUT2D eigenvalue weighted by Crippen LogP contribution is 2.24. The highest BCUT2D eigenvalue weighted by molar-refractivity contribution is 9.10. The van der Waals surface area contributed by atoms with Gasteiger partial charge in [0.15, 0.2) is 0 Å². The third kappa shape index (κ3) is 4.07. The Morgan fingerprint density at radius 2 is 1.59 bits per heavy atom. The fourth-order valence-electron chi connectivity index (χ4n) is 3.95. The summed E-state index contributed by atoms with van der Waals surface area (Å²) >= 11 is 3.38. The molecule has 1 N–H and O–H groups in total. The number of fused-ring (bicyclic) bond motifs is 2. The summed E-state index contributed by atoms with van der Waals surface area (Å²) in [4.78, 5) is 12.3. The van der Waals surface area contributed by atoms with Crippen LogP contribution in [0, 0.1) is 0 Å². The average molecular weight is 482 g/mol. The molecule has 0 aliphatic heterocycles. The average Bonchev–Trinajstić information content (AvgIpc) is 3.17. The number of benzene rings is 4. The molecule has 0 fully saturated rings. The molecule has 4 nitrogen and oxygen atoms in total. The van der Waals surface area contributed by atoms with E-state index in [1.54, 1.807) is 18.3 Å². The number of para-hydroxylation sites is 1. The molecule has 0 radical (unpaired) electrons. The Morgan fingerprint density at radius 1 is 0.875 bits per heavy atom. The molecule has 0 atom stereocenters. The summed E-state index contributed by atoms with van der Waals surface area (Å²) in [5.41, 5.74) is 6.52. The number of hydrogen-bond donors (Lipinski definition) is 1. The first-order valence-electron chi connectivity index (χ1n) is 10.3. The van der Waals surface area contributed by atoms with E-state index in [-0.39, 0.29) is 5.91 Å². The maximum atomic E-state index is 12.3. The largest absolute Gasteiger partial charge is 0.342 e. The molecule has 0 saturated heterocycles. The van der Waals surface area contributed by atoms with E-state index in [1.807, 2.05) is 24.3 Å². The van der Waals surface area contributed by atoms with Gasteiger partial charge in [-0.1, -0.05) is 76.6 Å². The van der Waals surface area contributed by atoms with Crippen molar-refractivity contribution in [2.75, 3.05) is 0 Å². The minimum absolute atomic E-state index is 0.242. The second-order valence-corrected chi connectivity index (χ2v) is 8.49. The van der Waals surface area contributed by atoms with Crippen LogP contribution in [0.3, 0.4) is 0 Å². The SMILES string of the molecule is O=C(NN=Cc1cn(Cc2cccc3ccccc23)c2ccccc12)c1ccc(Br)cc1. The van der Waals surface area contributed by atoms with Crippen molar-refractivity contribution in [2.24, 2.45) is 5.10 Å². The highest BCUT2D eigenvalue weighted by atomic mass is 79.9. The Morgan fingerprint density at radius 3 is 2.44 bits per heavy atom. The summed E-state index contributed by atoms with van der Waals surface area (Å²) in [7, 11) is 0. The number of hydrazone groups is 1. The number of hydrogen-bond acceptors (Lipinski definition) is 2. The lowest BCUT2D eigenvalue weighted by Crippen LogP contribution is -2.17. The van der Waals surface area contributed by atoms with Crippen LogP contribution in [0.4, 0.5) is 0 Å². The predicted molar refractivity (Wildman–Crippen MR) is 134 cm³/mol. The summed E-state index contributed by atoms with van der Waals surface area (Å²) in [5.74, 6) is -0.242. The van der Waals surface area contributed by atoms with Gasteiger partial charge in [0.1, 0.15) is 0 Å². The Bertz CT molecular complexity index is 1450. The Hall–Kier alpha value is -3.70. The zero-order valence-electron chi connectivity index (χ0n) is 17.2. The molecule has 32 heavy (non-hydrogen) atoms. The Labute approximate surface area is 194 Å². The number of nitrogens with zero attached hydrogens (tertiary/aromatic N) is 2. The van der Waals surface area contributed by atoms with E-state index in [0.29, 0.717) is 5.56 Å². The maximum Gasteiger partial charge on any atom is 0.271 e. The normalized spacial score (nSPS) is 11.4. The number of carbonyl (C=O) groups excluding carboxylic acids is 1. The molecule has 1 heterocycles. The van der Waals surface area contributed by atoms with Crippen molar-refractivity contribution in [3.05, 3.63) is 118 Å². The fraction of sp³-hybridized carbons (Fsp3) is 0.0370. The van der Waals surface area contributed by atoms with Crippen molar-refractivity contribution in [3.63, 3.8) is 0 Å². The van der Waals surface area contributed by atoms with Gasteiger partial charge in [0.25, 0.3) is 5.91 Å². The van der Waals surface area contributed by atoms with Crippen LogP contribution in [-0.4, -0.2) is 16.7 Å². The van der Waals surface area contributed by atoms with Gasteiger partial charge in [-0.2, -0.15) is 5.10 Å². The van der Waals surface area contributed by atoms with Gasteiger partial charge >= 0.3 is 0 Å². The second-order valence-electron chi connectivity index (χ2n) is 7.57. The minimum atomic E-state index is -0.242. The van der Waals surface area contributed by atoms with Crippen molar-refractivity contribution in [3.8, 4) is 0 Å². The number of nitrogens with one attached hydrogen (secondary N) is 1. The van der Waals surface area contributed by atoms with Gasteiger partial charge in [-0.3, -0.25) is 4.79 Å². The van der Waals surface area contributed by atoms with Crippen LogP contribution in [0.25, 0.3) is 21.7 Å². The van der Waals surface area contributed by atoms with Crippen molar-refractivity contribution < 1.29 is 4.79 Å². The van der Waals surface area contributed by atoms with Gasteiger partial charge in [-0.05, 0) is 46.7 Å². The van der Waals surface area contributed by atoms with Gasteiger partial charge in [0.05, 0.1) is 6.21 Å². The summed E-state index contributed by atoms with van der Waals surface area (Å²) < 4.78 is 3.16. The molecule has 0 spiro atoms. The van der Waals surface area contributed by atoms with Crippen LogP contribution in [0.15, 0.2) is 107 Å². The number of rotatable bonds is 5. The molecule has 4 aromatic carbocycles. The van der Waals surface area contributed by atoms with Gasteiger partial charge in [0, 0.05) is 39.2 Å². The third-order valence-electron chi connectivity index (χ3n) is 5.52. The van der Waals surface area contributed by atoms with Crippen LogP contribution in [-0.2, 0) is 6.54 Å². The Balaban J connectivity index is 1.43. The molecule has 1 amide bonds. The highest BCUT2D eigenvalue weighted by Gasteiger charge is 2.09. The van der Waals surface area contributed by atoms with Crippen molar-refractivity contribution >= 4 is 49.7 Å². The molecular formula is C27H20BrN3O. The first kappa shape index (κ1) is 20.2. The Kier molecular flexibility index (Phi) is 5.57. The van der Waals surface area contributed by atoms with E-state index in [1.165, 1.54) is 16.3 Å². The first-order chi connectivity index (χ1) is 15.7. The summed E-state index contributed by atoms with van der Waals surface area (Å²) in [6, 6.07) is 30.3. The van der Waals surface area contributed by atoms with Gasteiger partial charge in [-0.15, -0.1) is 0 Å². The first-order valence-corrected chi connectivity index (χ1v) is 11.1. The quantitative estimate of drug-likeness (QED) is 0.230. The van der Waals surface area contributed by atoms with Crippen LogP contribution >= 0.6 is 15.9 Å². The fourth-order valence-corrected chi connectivity index (χ4v) is 4.21. The maximum absolute atomic E-state index is 12.3. The molecule has 5 heteroatoms. The van der Waals surface area contributed by atoms with Gasteiger partial charge in [0.2, 0.25) is 0 Å². The molecule has 1 aromatic heterocycles. The minimum Gasteiger partial charge on any atom is -0.342 e. The van der Waals surface area contributed by atoms with E-state index in [9.17, 15) is 4.79 Å². The lowest BCUT2D eigenvalue weighted by molar-refractivity contribution is 0.0955. The third-order valence-corrected chi connectivity index (χ3v) is 6.04. The summed E-state index contributed by atoms with van der Waals surface area (Å²) in [6.45, 7) is 0.751. The summed E-state index contributed by atoms with van der Waals surface area (Å²) in [6.07, 6.45) is 3.79. The zero-order chi connectivity index (χ0) is 21.9. The standard InChI is InChI=1S/C27H20BrN3O/c28-23-14-12-20(13-15-23)27(32)30-29-16-22-18-31(26-11-4-3-10-25(22)26)17-21-8-5-7-19-6-1-2-9-24(19)21/h1-16,18H,17H2,(H,30,32). The molecule has 0 aliphatic rings. The number of aromatic nitrogens is 1. The lowest BCUT2D eigenvalue weighted by atomic mass is 10.0. The lowest BCUT2D eigenvalue weighted by Gasteiger charge is -2.09. The predicted octanol–water partition coefficient (Wildman–Crippen LogP) is 6.37. The molecule has 0 aliphatic carbocycles. The number of amides is 1. The van der Waals surface area contributed by atoms with Gasteiger partial charge in [-0.25, -0.2) is 5.43 Å². The molecule has 0 saturated carbocycles. The second kappa shape index (κ2) is 8.81. The van der Waals surface area contributed by atoms with Crippen LogP contribution in [0.1, 0.15) is 21.5 Å². The molecule has 0 unspecified atom stereocenters. The van der Waals surface area contributed by atoms with Crippen molar-refractivity contribution in [1.82, 2.24) is 9.99 Å². The van der Waals surface area contributed by atoms with Gasteiger partial charge < -0.3 is 4.57 Å². The van der Waals surface area contributed by atoms with E-state index in [0.717, 1.165) is 27.5 Å². The topological polar surface area (TPSA) is 46.4 Å². The molecular weight excluding hydrogens is 462 g/mol. The van der Waals surface area contributed by atoms with E-state index < -0.39 is 0 Å². The monoisotopic (exact) mass is 481 g/mol. The number of carbonyl (C=O) groups is 1. The van der Waals surface area contributed by atoms with E-state index in [2.05, 4.69) is 91.8 Å². The summed E-state index contributed by atoms with van der Waals surface area (Å²) in [5, 5.41) is 7.79. The van der Waals surface area contributed by atoms with Crippen LogP contribution in [0.5, 0.6) is 0 Å². The molecule has 5 rings (SSSR count). The van der Waals surface area contributed by atoms with Crippen molar-refractivity contribution in [1.29, 1.82) is 0 Å². The zero-order valence-corrected chi connectivity index (χ0v) is 18.8. The van der Waals surface area contributed by atoms with E-state index in [4.69, 9.17) is 0 Å². The van der Waals surface area contributed by atoms with Crippen LogP contribution in [0.2, 0.25) is 0 Å². The van der Waals surface area contributed by atoms with E-state index >= 15 is 0 Å². The van der Waals surface area contributed by atoms with Crippen molar-refractivity contribution in [2.45, 2.75) is 6.54 Å². The smallest absolute Gasteiger partial charge is 0.271 e. The van der Waals surface area contributed by atoms with Crippen LogP contribution < -0.4 is 5.43 Å². The molecule has 5 aromatic rings. The molecule has 0 bridgehead atoms. The molecule has 156 valence electrons.